The molecule has 1 aliphatic rings. The van der Waals surface area contributed by atoms with E-state index in [4.69, 9.17) is 5.73 Å². The van der Waals surface area contributed by atoms with Crippen LogP contribution in [0.3, 0.4) is 0 Å². The number of ether oxygens (including phenoxy) is 1. The number of carbonyl (C=O) groups is 1. The van der Waals surface area contributed by atoms with E-state index in [-0.39, 0.29) is 21.7 Å². The van der Waals surface area contributed by atoms with Gasteiger partial charge in [0, 0.05) is 12.6 Å². The summed E-state index contributed by atoms with van der Waals surface area (Å²) in [6.45, 7) is 2.75. The summed E-state index contributed by atoms with van der Waals surface area (Å²) in [5.41, 5.74) is 5.64. The van der Waals surface area contributed by atoms with Crippen LogP contribution in [-0.4, -0.2) is 44.9 Å². The Hall–Kier alpha value is -0.480. The van der Waals surface area contributed by atoms with Crippen molar-refractivity contribution in [3.05, 3.63) is 14.7 Å². The largest absolute Gasteiger partial charge is 0.465 e. The number of sulfonamides is 1. The number of methoxy groups -OCH3 is 1. The van der Waals surface area contributed by atoms with Crippen LogP contribution >= 0.6 is 27.3 Å². The molecule has 1 aromatic heterocycles. The van der Waals surface area contributed by atoms with E-state index in [2.05, 4.69) is 20.7 Å². The third-order valence-electron chi connectivity index (χ3n) is 3.57. The highest BCUT2D eigenvalue weighted by Crippen LogP contribution is 2.37. The second-order valence-corrected chi connectivity index (χ2v) is 9.23. The zero-order valence-electron chi connectivity index (χ0n) is 11.7. The van der Waals surface area contributed by atoms with Crippen molar-refractivity contribution < 1.29 is 17.9 Å². The molecule has 6 nitrogen and oxygen atoms in total. The maximum absolute atomic E-state index is 12.8. The number of rotatable bonds is 4. The summed E-state index contributed by atoms with van der Waals surface area (Å²) < 4.78 is 32.0. The van der Waals surface area contributed by atoms with Gasteiger partial charge >= 0.3 is 5.97 Å². The summed E-state index contributed by atoms with van der Waals surface area (Å²) in [6.07, 6.45) is 0.751. The first-order chi connectivity index (χ1) is 9.81. The molecule has 1 fully saturated rings. The van der Waals surface area contributed by atoms with Gasteiger partial charge in [-0.1, -0.05) is 0 Å². The number of nitrogens with two attached hydrogens (primary N) is 1. The second-order valence-electron chi connectivity index (χ2n) is 5.00. The molecule has 0 radical (unpaired) electrons. The fraction of sp³-hybridized carbons (Fsp3) is 0.583. The summed E-state index contributed by atoms with van der Waals surface area (Å²) in [4.78, 5) is 11.9. The van der Waals surface area contributed by atoms with Crippen LogP contribution in [0.25, 0.3) is 0 Å². The van der Waals surface area contributed by atoms with Gasteiger partial charge in [-0.15, -0.1) is 11.3 Å². The lowest BCUT2D eigenvalue weighted by Crippen LogP contribution is -2.34. The highest BCUT2D eigenvalue weighted by atomic mass is 79.9. The predicted octanol–water partition coefficient (Wildman–Crippen LogP) is 1.66. The number of thiophene rings is 1. The summed E-state index contributed by atoms with van der Waals surface area (Å²) in [7, 11) is -2.39. The lowest BCUT2D eigenvalue weighted by Gasteiger charge is -2.20. The van der Waals surface area contributed by atoms with Gasteiger partial charge in [-0.2, -0.15) is 4.31 Å². The van der Waals surface area contributed by atoms with Gasteiger partial charge in [-0.25, -0.2) is 13.2 Å². The van der Waals surface area contributed by atoms with Crippen molar-refractivity contribution >= 4 is 43.3 Å². The normalized spacial score (nSPS) is 23.4. The molecule has 0 aromatic carbocycles. The van der Waals surface area contributed by atoms with Gasteiger partial charge in [0.25, 0.3) is 0 Å². The smallest absolute Gasteiger partial charge is 0.348 e. The van der Waals surface area contributed by atoms with E-state index in [1.165, 1.54) is 17.5 Å². The molecule has 2 unspecified atom stereocenters. The average Bonchev–Trinajstić information content (AvgIpc) is 3.01. The Balaban J connectivity index is 2.36. The molecule has 0 amide bonds. The Morgan fingerprint density at radius 2 is 2.29 bits per heavy atom. The standard InChI is InChI=1S/C12H17BrN2O4S2/c1-7-3-8(5-14)6-15(7)21(17,18)10-4-9(12(16)19-2)20-11(10)13/h4,7-8H,3,5-6,14H2,1-2H3. The molecule has 1 aliphatic heterocycles. The fourth-order valence-corrected chi connectivity index (χ4v) is 6.62. The molecule has 0 spiro atoms. The molecule has 1 aromatic rings. The van der Waals surface area contributed by atoms with E-state index in [0.717, 1.165) is 17.8 Å². The van der Waals surface area contributed by atoms with E-state index >= 15 is 0 Å². The fourth-order valence-electron chi connectivity index (χ4n) is 2.47. The highest BCUT2D eigenvalue weighted by Gasteiger charge is 2.39. The van der Waals surface area contributed by atoms with Crippen molar-refractivity contribution in [2.45, 2.75) is 24.3 Å². The summed E-state index contributed by atoms with van der Waals surface area (Å²) >= 11 is 4.28. The van der Waals surface area contributed by atoms with Crippen molar-refractivity contribution in [2.75, 3.05) is 20.2 Å². The Labute approximate surface area is 136 Å². The quantitative estimate of drug-likeness (QED) is 0.781. The number of carbonyl (C=O) groups excluding carboxylic acids is 1. The van der Waals surface area contributed by atoms with Gasteiger partial charge in [0.15, 0.2) is 0 Å². The van der Waals surface area contributed by atoms with Crippen molar-refractivity contribution in [1.29, 1.82) is 0 Å². The predicted molar refractivity (Wildman–Crippen MR) is 83.9 cm³/mol. The zero-order chi connectivity index (χ0) is 15.8. The zero-order valence-corrected chi connectivity index (χ0v) is 14.9. The SMILES string of the molecule is COC(=O)c1cc(S(=O)(=O)N2CC(CN)CC2C)c(Br)s1. The molecule has 9 heteroatoms. The molecule has 1 saturated heterocycles. The first-order valence-electron chi connectivity index (χ1n) is 6.40. The maximum atomic E-state index is 12.8. The molecule has 0 aliphatic carbocycles. The Morgan fingerprint density at radius 1 is 1.62 bits per heavy atom. The molecular weight excluding hydrogens is 380 g/mol. The van der Waals surface area contributed by atoms with Crippen LogP contribution in [0.4, 0.5) is 0 Å². The number of halogens is 1. The van der Waals surface area contributed by atoms with Crippen LogP contribution in [0.1, 0.15) is 23.0 Å². The monoisotopic (exact) mass is 396 g/mol. The molecule has 2 heterocycles. The molecule has 118 valence electrons. The molecule has 2 rings (SSSR count). The van der Waals surface area contributed by atoms with Crippen LogP contribution in [0.2, 0.25) is 0 Å². The number of esters is 1. The van der Waals surface area contributed by atoms with E-state index in [0.29, 0.717) is 16.9 Å². The number of nitrogens with zero attached hydrogens (tertiary/aromatic N) is 1. The van der Waals surface area contributed by atoms with Gasteiger partial charge in [-0.3, -0.25) is 0 Å². The summed E-state index contributed by atoms with van der Waals surface area (Å²) in [5.74, 6) is -0.372. The Morgan fingerprint density at radius 3 is 2.81 bits per heavy atom. The van der Waals surface area contributed by atoms with Crippen LogP contribution in [-0.2, 0) is 14.8 Å². The molecule has 2 atom stereocenters. The van der Waals surface area contributed by atoms with E-state index < -0.39 is 16.0 Å². The van der Waals surface area contributed by atoms with Crippen molar-refractivity contribution in [2.24, 2.45) is 11.7 Å². The van der Waals surface area contributed by atoms with E-state index in [1.807, 2.05) is 6.92 Å². The molecule has 21 heavy (non-hydrogen) atoms. The van der Waals surface area contributed by atoms with Gasteiger partial charge in [-0.05, 0) is 47.8 Å². The lowest BCUT2D eigenvalue weighted by molar-refractivity contribution is 0.0606. The summed E-state index contributed by atoms with van der Waals surface area (Å²) in [5, 5.41) is 0. The van der Waals surface area contributed by atoms with Crippen LogP contribution in [0, 0.1) is 5.92 Å². The lowest BCUT2D eigenvalue weighted by atomic mass is 10.1. The minimum Gasteiger partial charge on any atom is -0.465 e. The van der Waals surface area contributed by atoms with Crippen molar-refractivity contribution in [1.82, 2.24) is 4.31 Å². The minimum absolute atomic E-state index is 0.100. The Bertz CT molecular complexity index is 644. The Kier molecular flexibility index (Phi) is 5.09. The van der Waals surface area contributed by atoms with E-state index in [1.54, 1.807) is 0 Å². The van der Waals surface area contributed by atoms with Crippen LogP contribution in [0.15, 0.2) is 14.7 Å². The van der Waals surface area contributed by atoms with Crippen molar-refractivity contribution in [3.63, 3.8) is 0 Å². The first kappa shape index (κ1) is 16.9. The van der Waals surface area contributed by atoms with Crippen molar-refractivity contribution in [3.8, 4) is 0 Å². The number of hydrogen-bond acceptors (Lipinski definition) is 6. The molecule has 0 saturated carbocycles. The average molecular weight is 397 g/mol. The summed E-state index contributed by atoms with van der Waals surface area (Å²) in [6, 6.07) is 1.26. The minimum atomic E-state index is -3.65. The van der Waals surface area contributed by atoms with Gasteiger partial charge in [0.1, 0.15) is 9.77 Å². The van der Waals surface area contributed by atoms with E-state index in [9.17, 15) is 13.2 Å². The topological polar surface area (TPSA) is 89.7 Å². The molecular formula is C12H17BrN2O4S2. The van der Waals surface area contributed by atoms with Crippen LogP contribution < -0.4 is 5.73 Å². The van der Waals surface area contributed by atoms with Gasteiger partial charge < -0.3 is 10.5 Å². The van der Waals surface area contributed by atoms with Gasteiger partial charge in [0.2, 0.25) is 10.0 Å². The molecule has 0 bridgehead atoms. The molecule has 2 N–H and O–H groups in total. The van der Waals surface area contributed by atoms with Crippen LogP contribution in [0.5, 0.6) is 0 Å². The first-order valence-corrected chi connectivity index (χ1v) is 9.45. The number of hydrogen-bond donors (Lipinski definition) is 1. The highest BCUT2D eigenvalue weighted by molar-refractivity contribution is 9.11. The second kappa shape index (κ2) is 6.33. The third-order valence-corrected chi connectivity index (χ3v) is 7.78. The maximum Gasteiger partial charge on any atom is 0.348 e. The van der Waals surface area contributed by atoms with Gasteiger partial charge in [0.05, 0.1) is 10.9 Å². The third kappa shape index (κ3) is 3.16.